The summed E-state index contributed by atoms with van der Waals surface area (Å²) in [6.07, 6.45) is -1.64. The number of halogens is 1. The number of rotatable bonds is 3. The number of benzene rings is 1. The minimum absolute atomic E-state index is 0.296. The molecule has 1 atom stereocenters. The zero-order valence-electron chi connectivity index (χ0n) is 10.5. The van der Waals surface area contributed by atoms with E-state index in [0.29, 0.717) is 5.56 Å². The third kappa shape index (κ3) is 2.90. The number of aryl methyl sites for hydroxylation is 1. The second-order valence-corrected chi connectivity index (χ2v) is 4.94. The number of hydrogen-bond acceptors (Lipinski definition) is 4. The second kappa shape index (κ2) is 5.36. The summed E-state index contributed by atoms with van der Waals surface area (Å²) in [4.78, 5) is 15.7. The van der Waals surface area contributed by atoms with Crippen LogP contribution in [0.5, 0.6) is 0 Å². The summed E-state index contributed by atoms with van der Waals surface area (Å²) in [5.74, 6) is -0.431. The quantitative estimate of drug-likeness (QED) is 0.936. The molecule has 1 aromatic carbocycles. The lowest BCUT2D eigenvalue weighted by Gasteiger charge is -2.13. The van der Waals surface area contributed by atoms with E-state index in [0.717, 1.165) is 16.1 Å². The van der Waals surface area contributed by atoms with Crippen LogP contribution in [0.25, 0.3) is 10.4 Å². The van der Waals surface area contributed by atoms with Crippen molar-refractivity contribution >= 4 is 17.4 Å². The van der Waals surface area contributed by atoms with E-state index in [1.165, 1.54) is 17.4 Å². The van der Waals surface area contributed by atoms with Gasteiger partial charge < -0.3 is 10.5 Å². The van der Waals surface area contributed by atoms with E-state index in [4.69, 9.17) is 10.5 Å². The molecule has 0 bridgehead atoms. The molecule has 0 aliphatic rings. The Bertz CT molecular complexity index is 612. The number of primary amides is 1. The highest BCUT2D eigenvalue weighted by Gasteiger charge is 2.15. The Balaban J connectivity index is 2.32. The highest BCUT2D eigenvalue weighted by Crippen LogP contribution is 2.30. The molecule has 100 valence electrons. The van der Waals surface area contributed by atoms with E-state index in [-0.39, 0.29) is 0 Å². The molecule has 0 radical (unpaired) electrons. The summed E-state index contributed by atoms with van der Waals surface area (Å²) in [7, 11) is 0. The zero-order valence-corrected chi connectivity index (χ0v) is 11.3. The van der Waals surface area contributed by atoms with Gasteiger partial charge in [-0.2, -0.15) is 0 Å². The number of aromatic nitrogens is 1. The fourth-order valence-corrected chi connectivity index (χ4v) is 2.62. The van der Waals surface area contributed by atoms with Crippen LogP contribution in [-0.4, -0.2) is 11.1 Å². The molecule has 19 heavy (non-hydrogen) atoms. The van der Waals surface area contributed by atoms with Gasteiger partial charge in [0.15, 0.2) is 0 Å². The SMILES string of the molecule is Cc1ncsc1-c1ccc([C@H](C)OC(N)=O)c(F)c1. The first-order chi connectivity index (χ1) is 8.99. The Kier molecular flexibility index (Phi) is 3.80. The van der Waals surface area contributed by atoms with E-state index in [9.17, 15) is 9.18 Å². The van der Waals surface area contributed by atoms with Crippen molar-refractivity contribution in [3.63, 3.8) is 0 Å². The van der Waals surface area contributed by atoms with Crippen LogP contribution in [0.1, 0.15) is 24.3 Å². The van der Waals surface area contributed by atoms with Gasteiger partial charge in [0.2, 0.25) is 0 Å². The molecule has 1 heterocycles. The number of amides is 1. The average Bonchev–Trinajstić information content (AvgIpc) is 2.74. The summed E-state index contributed by atoms with van der Waals surface area (Å²) in [5, 5.41) is 0. The summed E-state index contributed by atoms with van der Waals surface area (Å²) in [5.41, 5.74) is 8.55. The van der Waals surface area contributed by atoms with Crippen molar-refractivity contribution < 1.29 is 13.9 Å². The van der Waals surface area contributed by atoms with Gasteiger partial charge in [-0.3, -0.25) is 0 Å². The lowest BCUT2D eigenvalue weighted by molar-refractivity contribution is 0.114. The third-order valence-corrected chi connectivity index (χ3v) is 3.72. The Morgan fingerprint density at radius 2 is 2.26 bits per heavy atom. The number of ether oxygens (including phenoxy) is 1. The van der Waals surface area contributed by atoms with Gasteiger partial charge in [-0.05, 0) is 25.5 Å². The molecule has 2 aromatic rings. The van der Waals surface area contributed by atoms with Gasteiger partial charge in [-0.25, -0.2) is 14.2 Å². The topological polar surface area (TPSA) is 65.2 Å². The number of nitrogens with zero attached hydrogens (tertiary/aromatic N) is 1. The molecular formula is C13H13FN2O2S. The van der Waals surface area contributed by atoms with Crippen molar-refractivity contribution in [2.75, 3.05) is 0 Å². The molecular weight excluding hydrogens is 267 g/mol. The maximum Gasteiger partial charge on any atom is 0.405 e. The standard InChI is InChI=1S/C13H13FN2O2S/c1-7-12(19-6-16-7)9-3-4-10(11(14)5-9)8(2)18-13(15)17/h3-6,8H,1-2H3,(H2,15,17)/t8-/m0/s1. The predicted molar refractivity (Wildman–Crippen MR) is 71.3 cm³/mol. The van der Waals surface area contributed by atoms with Gasteiger partial charge in [-0.15, -0.1) is 11.3 Å². The lowest BCUT2D eigenvalue weighted by atomic mass is 10.1. The van der Waals surface area contributed by atoms with Gasteiger partial charge >= 0.3 is 6.09 Å². The van der Waals surface area contributed by atoms with Gasteiger partial charge in [0.25, 0.3) is 0 Å². The first kappa shape index (κ1) is 13.5. The molecule has 2 rings (SSSR count). The maximum absolute atomic E-state index is 14.0. The number of thiazole rings is 1. The van der Waals surface area contributed by atoms with Crippen molar-refractivity contribution in [2.24, 2.45) is 5.73 Å². The largest absolute Gasteiger partial charge is 0.442 e. The van der Waals surface area contributed by atoms with Gasteiger partial charge in [-0.1, -0.05) is 12.1 Å². The summed E-state index contributed by atoms with van der Waals surface area (Å²) >= 11 is 1.45. The van der Waals surface area contributed by atoms with E-state index in [2.05, 4.69) is 4.98 Å². The number of carbonyl (C=O) groups is 1. The first-order valence-electron chi connectivity index (χ1n) is 5.65. The molecule has 0 saturated carbocycles. The monoisotopic (exact) mass is 280 g/mol. The molecule has 2 N–H and O–H groups in total. The van der Waals surface area contributed by atoms with E-state index >= 15 is 0 Å². The Morgan fingerprint density at radius 1 is 1.53 bits per heavy atom. The molecule has 0 spiro atoms. The van der Waals surface area contributed by atoms with Crippen molar-refractivity contribution in [1.29, 1.82) is 0 Å². The minimum Gasteiger partial charge on any atom is -0.442 e. The minimum atomic E-state index is -0.922. The average molecular weight is 280 g/mol. The fourth-order valence-electron chi connectivity index (χ4n) is 1.81. The smallest absolute Gasteiger partial charge is 0.405 e. The molecule has 6 heteroatoms. The van der Waals surface area contributed by atoms with Gasteiger partial charge in [0, 0.05) is 5.56 Å². The van der Waals surface area contributed by atoms with Crippen LogP contribution in [0.4, 0.5) is 9.18 Å². The third-order valence-electron chi connectivity index (χ3n) is 2.74. The molecule has 0 unspecified atom stereocenters. The van der Waals surface area contributed by atoms with Crippen LogP contribution in [0.15, 0.2) is 23.7 Å². The van der Waals surface area contributed by atoms with Crippen LogP contribution >= 0.6 is 11.3 Å². The summed E-state index contributed by atoms with van der Waals surface area (Å²) in [6, 6.07) is 4.79. The Labute approximate surface area is 114 Å². The first-order valence-corrected chi connectivity index (χ1v) is 6.53. The van der Waals surface area contributed by atoms with Crippen LogP contribution in [0, 0.1) is 12.7 Å². The molecule has 0 saturated heterocycles. The molecule has 0 aliphatic carbocycles. The number of carbonyl (C=O) groups excluding carboxylic acids is 1. The summed E-state index contributed by atoms with van der Waals surface area (Å²) in [6.45, 7) is 3.44. The van der Waals surface area contributed by atoms with Crippen molar-refractivity contribution in [1.82, 2.24) is 4.98 Å². The Morgan fingerprint density at radius 3 is 2.79 bits per heavy atom. The summed E-state index contributed by atoms with van der Waals surface area (Å²) < 4.78 is 18.8. The molecule has 4 nitrogen and oxygen atoms in total. The molecule has 0 fully saturated rings. The second-order valence-electron chi connectivity index (χ2n) is 4.08. The van der Waals surface area contributed by atoms with Crippen molar-refractivity contribution in [3.8, 4) is 10.4 Å². The van der Waals surface area contributed by atoms with E-state index in [1.54, 1.807) is 24.6 Å². The van der Waals surface area contributed by atoms with Gasteiger partial charge in [0.05, 0.1) is 16.1 Å². The van der Waals surface area contributed by atoms with Crippen LogP contribution in [0.3, 0.4) is 0 Å². The lowest BCUT2D eigenvalue weighted by Crippen LogP contribution is -2.16. The van der Waals surface area contributed by atoms with Crippen LogP contribution < -0.4 is 5.73 Å². The van der Waals surface area contributed by atoms with Gasteiger partial charge in [0.1, 0.15) is 11.9 Å². The van der Waals surface area contributed by atoms with Crippen molar-refractivity contribution in [3.05, 3.63) is 40.8 Å². The van der Waals surface area contributed by atoms with Crippen LogP contribution in [-0.2, 0) is 4.74 Å². The normalized spacial score (nSPS) is 12.2. The Hall–Kier alpha value is -1.95. The number of hydrogen-bond donors (Lipinski definition) is 1. The number of nitrogens with two attached hydrogens (primary N) is 1. The predicted octanol–water partition coefficient (Wildman–Crippen LogP) is 3.41. The highest BCUT2D eigenvalue weighted by atomic mass is 32.1. The highest BCUT2D eigenvalue weighted by molar-refractivity contribution is 7.13. The molecule has 1 amide bonds. The maximum atomic E-state index is 14.0. The molecule has 0 aliphatic heterocycles. The van der Waals surface area contributed by atoms with Crippen LogP contribution in [0.2, 0.25) is 0 Å². The van der Waals surface area contributed by atoms with E-state index in [1.807, 2.05) is 6.92 Å². The zero-order chi connectivity index (χ0) is 14.0. The van der Waals surface area contributed by atoms with E-state index < -0.39 is 18.0 Å². The van der Waals surface area contributed by atoms with Crippen molar-refractivity contribution in [2.45, 2.75) is 20.0 Å². The molecule has 1 aromatic heterocycles. The fraction of sp³-hybridized carbons (Fsp3) is 0.231.